The van der Waals surface area contributed by atoms with Crippen LogP contribution in [0.5, 0.6) is 5.75 Å². The lowest BCUT2D eigenvalue weighted by molar-refractivity contribution is -0.137. The van der Waals surface area contributed by atoms with Crippen molar-refractivity contribution in [2.24, 2.45) is 0 Å². The summed E-state index contributed by atoms with van der Waals surface area (Å²) in [6, 6.07) is 17.6. The Labute approximate surface area is 211 Å². The van der Waals surface area contributed by atoms with Gasteiger partial charge in [0.2, 0.25) is 0 Å². The molecule has 1 heterocycles. The molecule has 4 rings (SSSR count). The van der Waals surface area contributed by atoms with Crippen LogP contribution in [0.25, 0.3) is 0 Å². The van der Waals surface area contributed by atoms with Crippen LogP contribution in [0, 0.1) is 0 Å². The van der Waals surface area contributed by atoms with Crippen molar-refractivity contribution in [2.45, 2.75) is 19.3 Å². The van der Waals surface area contributed by atoms with Gasteiger partial charge in [-0.15, -0.1) is 0 Å². The molecular weight excluding hydrogens is 500 g/mol. The number of amides is 1. The van der Waals surface area contributed by atoms with Crippen LogP contribution in [-0.4, -0.2) is 41.9 Å². The van der Waals surface area contributed by atoms with E-state index in [-0.39, 0.29) is 5.91 Å². The summed E-state index contributed by atoms with van der Waals surface area (Å²) < 4.78 is 44.6. The zero-order chi connectivity index (χ0) is 25.0. The van der Waals surface area contributed by atoms with E-state index in [0.29, 0.717) is 66.3 Å². The average molecular weight is 523 g/mol. The number of rotatable bonds is 6. The molecule has 9 heteroatoms. The van der Waals surface area contributed by atoms with Gasteiger partial charge in [-0.05, 0) is 47.5 Å². The molecule has 0 spiro atoms. The normalized spacial score (nSPS) is 14.7. The van der Waals surface area contributed by atoms with Crippen molar-refractivity contribution in [1.29, 1.82) is 0 Å². The average Bonchev–Trinajstić information content (AvgIpc) is 2.84. The van der Waals surface area contributed by atoms with E-state index in [0.717, 1.165) is 11.6 Å². The number of benzene rings is 3. The molecule has 0 unspecified atom stereocenters. The van der Waals surface area contributed by atoms with Gasteiger partial charge in [0.1, 0.15) is 12.4 Å². The molecule has 3 aromatic rings. The highest BCUT2D eigenvalue weighted by molar-refractivity contribution is 6.35. The van der Waals surface area contributed by atoms with Crippen molar-refractivity contribution in [2.75, 3.05) is 26.2 Å². The van der Waals surface area contributed by atoms with Crippen LogP contribution in [0.2, 0.25) is 10.0 Å². The smallest absolute Gasteiger partial charge is 0.416 e. The maximum Gasteiger partial charge on any atom is 0.416 e. The lowest BCUT2D eigenvalue weighted by Gasteiger charge is -2.35. The Balaban J connectivity index is 1.28. The fourth-order valence-electron chi connectivity index (χ4n) is 3.89. The number of ether oxygens (including phenoxy) is 1. The molecule has 0 atom stereocenters. The van der Waals surface area contributed by atoms with Crippen molar-refractivity contribution in [3.8, 4) is 5.75 Å². The number of halogens is 5. The molecule has 0 N–H and O–H groups in total. The van der Waals surface area contributed by atoms with Gasteiger partial charge in [-0.1, -0.05) is 53.5 Å². The second kappa shape index (κ2) is 10.9. The summed E-state index contributed by atoms with van der Waals surface area (Å²) in [5.41, 5.74) is 1.43. The third-order valence-corrected chi connectivity index (χ3v) is 6.34. The molecule has 1 fully saturated rings. The quantitative estimate of drug-likeness (QED) is 0.368. The predicted molar refractivity (Wildman–Crippen MR) is 130 cm³/mol. The summed E-state index contributed by atoms with van der Waals surface area (Å²) >= 11 is 12.0. The van der Waals surface area contributed by atoms with Crippen LogP contribution in [0.4, 0.5) is 13.2 Å². The van der Waals surface area contributed by atoms with E-state index < -0.39 is 11.7 Å². The number of carbonyl (C=O) groups excluding carboxylic acids is 1. The van der Waals surface area contributed by atoms with Crippen LogP contribution in [0.3, 0.4) is 0 Å². The van der Waals surface area contributed by atoms with E-state index >= 15 is 0 Å². The first-order valence-corrected chi connectivity index (χ1v) is 11.8. The molecule has 0 aromatic heterocycles. The molecule has 3 aromatic carbocycles. The van der Waals surface area contributed by atoms with E-state index in [1.54, 1.807) is 41.3 Å². The summed E-state index contributed by atoms with van der Waals surface area (Å²) in [7, 11) is 0. The highest BCUT2D eigenvalue weighted by atomic mass is 35.5. The van der Waals surface area contributed by atoms with Crippen LogP contribution in [0.1, 0.15) is 27.0 Å². The number of carbonyl (C=O) groups is 1. The molecule has 4 nitrogen and oxygen atoms in total. The van der Waals surface area contributed by atoms with Crippen LogP contribution >= 0.6 is 23.2 Å². The molecule has 0 saturated carbocycles. The second-order valence-electron chi connectivity index (χ2n) is 8.33. The number of nitrogens with zero attached hydrogens (tertiary/aromatic N) is 2. The molecule has 0 radical (unpaired) electrons. The van der Waals surface area contributed by atoms with Gasteiger partial charge in [0, 0.05) is 43.3 Å². The highest BCUT2D eigenvalue weighted by Crippen LogP contribution is 2.30. The van der Waals surface area contributed by atoms with Crippen molar-refractivity contribution < 1.29 is 22.7 Å². The summed E-state index contributed by atoms with van der Waals surface area (Å²) in [4.78, 5) is 16.7. The summed E-state index contributed by atoms with van der Waals surface area (Å²) in [6.07, 6.45) is -4.36. The largest absolute Gasteiger partial charge is 0.487 e. The number of alkyl halides is 3. The molecular formula is C26H23Cl2F3N2O2. The Morgan fingerprint density at radius 1 is 0.886 bits per heavy atom. The third kappa shape index (κ3) is 6.69. The second-order valence-corrected chi connectivity index (χ2v) is 9.17. The maximum atomic E-state index is 12.9. The molecule has 0 bridgehead atoms. The van der Waals surface area contributed by atoms with Crippen molar-refractivity contribution in [3.63, 3.8) is 0 Å². The van der Waals surface area contributed by atoms with Gasteiger partial charge in [0.25, 0.3) is 5.91 Å². The van der Waals surface area contributed by atoms with E-state index in [2.05, 4.69) is 4.90 Å². The van der Waals surface area contributed by atoms with Gasteiger partial charge in [-0.2, -0.15) is 13.2 Å². The zero-order valence-electron chi connectivity index (χ0n) is 18.7. The Morgan fingerprint density at radius 3 is 2.26 bits per heavy atom. The molecule has 1 aliphatic heterocycles. The Kier molecular flexibility index (Phi) is 7.89. The number of hydrogen-bond acceptors (Lipinski definition) is 3. The first-order chi connectivity index (χ1) is 16.7. The fraction of sp³-hybridized carbons (Fsp3) is 0.269. The molecule has 1 saturated heterocycles. The third-order valence-electron chi connectivity index (χ3n) is 5.81. The Hall–Kier alpha value is -2.74. The Bertz CT molecular complexity index is 1180. The molecule has 184 valence electrons. The van der Waals surface area contributed by atoms with Gasteiger partial charge < -0.3 is 9.64 Å². The number of piperazine rings is 1. The lowest BCUT2D eigenvalue weighted by Crippen LogP contribution is -2.48. The predicted octanol–water partition coefficient (Wildman–Crippen LogP) is 6.55. The fourth-order valence-corrected chi connectivity index (χ4v) is 4.36. The van der Waals surface area contributed by atoms with E-state index in [1.165, 1.54) is 12.1 Å². The van der Waals surface area contributed by atoms with Gasteiger partial charge in [-0.25, -0.2) is 0 Å². The minimum absolute atomic E-state index is 0.0723. The lowest BCUT2D eigenvalue weighted by atomic mass is 10.1. The van der Waals surface area contributed by atoms with Crippen LogP contribution in [-0.2, 0) is 19.3 Å². The first kappa shape index (κ1) is 25.4. The van der Waals surface area contributed by atoms with E-state index in [9.17, 15) is 18.0 Å². The van der Waals surface area contributed by atoms with Gasteiger partial charge in [0.15, 0.2) is 0 Å². The topological polar surface area (TPSA) is 32.8 Å². The summed E-state index contributed by atoms with van der Waals surface area (Å²) in [5, 5.41) is 0.957. The minimum atomic E-state index is -4.36. The SMILES string of the molecule is O=C(c1ccc(COc2ccc(Cl)cc2Cl)cc1)N1CCN(Cc2cccc(C(F)(F)F)c2)CC1. The molecule has 1 amide bonds. The maximum absolute atomic E-state index is 12.9. The van der Waals surface area contributed by atoms with Crippen LogP contribution in [0.15, 0.2) is 66.7 Å². The first-order valence-electron chi connectivity index (χ1n) is 11.0. The summed E-state index contributed by atoms with van der Waals surface area (Å²) in [6.45, 7) is 2.92. The van der Waals surface area contributed by atoms with Gasteiger partial charge >= 0.3 is 6.18 Å². The molecule has 35 heavy (non-hydrogen) atoms. The minimum Gasteiger partial charge on any atom is -0.487 e. The highest BCUT2D eigenvalue weighted by Gasteiger charge is 2.30. The van der Waals surface area contributed by atoms with E-state index in [4.69, 9.17) is 27.9 Å². The van der Waals surface area contributed by atoms with Crippen molar-refractivity contribution >= 4 is 29.1 Å². The standard InChI is InChI=1S/C26H23Cl2F3N2O2/c27-22-8-9-24(23(28)15-22)35-17-18-4-6-20(7-5-18)25(34)33-12-10-32(11-13-33)16-19-2-1-3-21(14-19)26(29,30)31/h1-9,14-15H,10-13,16-17H2. The Morgan fingerprint density at radius 2 is 1.60 bits per heavy atom. The zero-order valence-corrected chi connectivity index (χ0v) is 20.2. The van der Waals surface area contributed by atoms with Crippen molar-refractivity contribution in [3.05, 3.63) is 99.0 Å². The molecule has 0 aliphatic carbocycles. The monoisotopic (exact) mass is 522 g/mol. The van der Waals surface area contributed by atoms with E-state index in [1.807, 2.05) is 12.1 Å². The van der Waals surface area contributed by atoms with Crippen molar-refractivity contribution in [1.82, 2.24) is 9.80 Å². The summed E-state index contributed by atoms with van der Waals surface area (Å²) in [5.74, 6) is 0.455. The van der Waals surface area contributed by atoms with Gasteiger partial charge in [0.05, 0.1) is 10.6 Å². The molecule has 1 aliphatic rings. The van der Waals surface area contributed by atoms with Gasteiger partial charge in [-0.3, -0.25) is 9.69 Å². The number of hydrogen-bond donors (Lipinski definition) is 0. The van der Waals surface area contributed by atoms with Crippen LogP contribution < -0.4 is 4.74 Å².